The first-order chi connectivity index (χ1) is 14.9. The van der Waals surface area contributed by atoms with Gasteiger partial charge >= 0.3 is 11.6 Å². The standard InChI is InChI=1S/C22H21F3N2O3S/c23-22(24,25)31-19-7-5-16(6-8-19)15-29-21(28)27-11-9-26(10-12-27)14-18-13-17-3-1-2-4-20(17)30-18/h1-8,13H,9-12,14-15H2. The first kappa shape index (κ1) is 21.6. The van der Waals surface area contributed by atoms with Crippen LogP contribution in [0.15, 0.2) is 63.9 Å². The molecule has 0 bridgehead atoms. The van der Waals surface area contributed by atoms with E-state index in [-0.39, 0.29) is 23.3 Å². The van der Waals surface area contributed by atoms with Gasteiger partial charge in [-0.25, -0.2) is 4.79 Å². The van der Waals surface area contributed by atoms with Crippen LogP contribution >= 0.6 is 11.8 Å². The van der Waals surface area contributed by atoms with Crippen LogP contribution in [0.3, 0.4) is 0 Å². The minimum atomic E-state index is -4.32. The fourth-order valence-electron chi connectivity index (χ4n) is 3.45. The lowest BCUT2D eigenvalue weighted by Gasteiger charge is -2.33. The molecule has 164 valence electrons. The number of carbonyl (C=O) groups excluding carboxylic acids is 1. The highest BCUT2D eigenvalue weighted by Crippen LogP contribution is 2.36. The number of carbonyl (C=O) groups is 1. The van der Waals surface area contributed by atoms with Gasteiger partial charge in [-0.05, 0) is 41.6 Å². The summed E-state index contributed by atoms with van der Waals surface area (Å²) in [6, 6.07) is 15.7. The summed E-state index contributed by atoms with van der Waals surface area (Å²) in [7, 11) is 0. The minimum Gasteiger partial charge on any atom is -0.460 e. The maximum atomic E-state index is 12.4. The van der Waals surface area contributed by atoms with Crippen molar-refractivity contribution < 1.29 is 27.1 Å². The number of para-hydroxylation sites is 1. The van der Waals surface area contributed by atoms with Crippen LogP contribution in [0, 0.1) is 0 Å². The minimum absolute atomic E-state index is 0.0228. The number of nitrogens with zero attached hydrogens (tertiary/aromatic N) is 2. The number of benzene rings is 2. The maximum absolute atomic E-state index is 12.4. The van der Waals surface area contributed by atoms with Crippen LogP contribution in [0.5, 0.6) is 0 Å². The molecule has 4 rings (SSSR count). The van der Waals surface area contributed by atoms with Crippen LogP contribution in [-0.4, -0.2) is 47.6 Å². The van der Waals surface area contributed by atoms with Gasteiger partial charge in [-0.1, -0.05) is 30.3 Å². The highest BCUT2D eigenvalue weighted by molar-refractivity contribution is 8.00. The third-order valence-corrected chi connectivity index (χ3v) is 5.75. The molecule has 0 saturated carbocycles. The van der Waals surface area contributed by atoms with E-state index in [9.17, 15) is 18.0 Å². The van der Waals surface area contributed by atoms with E-state index in [2.05, 4.69) is 4.90 Å². The molecule has 0 atom stereocenters. The molecule has 0 unspecified atom stereocenters. The Kier molecular flexibility index (Phi) is 6.43. The molecular formula is C22H21F3N2O3S. The topological polar surface area (TPSA) is 45.9 Å². The number of piperazine rings is 1. The monoisotopic (exact) mass is 450 g/mol. The van der Waals surface area contributed by atoms with Crippen molar-refractivity contribution in [1.29, 1.82) is 0 Å². The molecule has 2 heterocycles. The van der Waals surface area contributed by atoms with Crippen LogP contribution in [0.2, 0.25) is 0 Å². The molecule has 1 aliphatic rings. The van der Waals surface area contributed by atoms with Crippen LogP contribution in [0.1, 0.15) is 11.3 Å². The zero-order valence-corrected chi connectivity index (χ0v) is 17.4. The molecule has 0 aliphatic carbocycles. The largest absolute Gasteiger partial charge is 0.460 e. The highest BCUT2D eigenvalue weighted by atomic mass is 32.2. The van der Waals surface area contributed by atoms with E-state index in [1.165, 1.54) is 24.3 Å². The van der Waals surface area contributed by atoms with Crippen molar-refractivity contribution in [2.45, 2.75) is 23.6 Å². The summed E-state index contributed by atoms with van der Waals surface area (Å²) in [6.07, 6.45) is -0.419. The highest BCUT2D eigenvalue weighted by Gasteiger charge is 2.29. The van der Waals surface area contributed by atoms with Gasteiger partial charge in [0.25, 0.3) is 0 Å². The summed E-state index contributed by atoms with van der Waals surface area (Å²) in [6.45, 7) is 3.19. The molecule has 2 aromatic carbocycles. The number of ether oxygens (including phenoxy) is 1. The normalized spacial score (nSPS) is 15.4. The number of rotatable bonds is 5. The Morgan fingerprint density at radius 1 is 1.03 bits per heavy atom. The number of halogens is 3. The average molecular weight is 450 g/mol. The van der Waals surface area contributed by atoms with E-state index in [0.717, 1.165) is 16.7 Å². The summed E-state index contributed by atoms with van der Waals surface area (Å²) in [5.41, 5.74) is -2.81. The lowest BCUT2D eigenvalue weighted by atomic mass is 10.2. The molecule has 1 aliphatic heterocycles. The van der Waals surface area contributed by atoms with Gasteiger partial charge in [0, 0.05) is 36.5 Å². The van der Waals surface area contributed by atoms with Crippen molar-refractivity contribution in [2.24, 2.45) is 0 Å². The molecule has 1 saturated heterocycles. The van der Waals surface area contributed by atoms with E-state index in [4.69, 9.17) is 9.15 Å². The Bertz CT molecular complexity index is 995. The Morgan fingerprint density at radius 2 is 1.74 bits per heavy atom. The SMILES string of the molecule is O=C(OCc1ccc(SC(F)(F)F)cc1)N1CCN(Cc2cc3ccccc3o2)CC1. The molecule has 0 radical (unpaired) electrons. The molecule has 9 heteroatoms. The molecule has 3 aromatic rings. The number of amides is 1. The molecule has 5 nitrogen and oxygen atoms in total. The maximum Gasteiger partial charge on any atom is 0.446 e. The molecule has 31 heavy (non-hydrogen) atoms. The molecule has 1 aromatic heterocycles. The average Bonchev–Trinajstić information content (AvgIpc) is 3.15. The van der Waals surface area contributed by atoms with Gasteiger partial charge in [-0.2, -0.15) is 13.2 Å². The van der Waals surface area contributed by atoms with E-state index < -0.39 is 11.6 Å². The summed E-state index contributed by atoms with van der Waals surface area (Å²) in [5, 5.41) is 1.07. The molecule has 0 N–H and O–H groups in total. The fourth-order valence-corrected chi connectivity index (χ4v) is 3.99. The second-order valence-corrected chi connectivity index (χ2v) is 8.40. The van der Waals surface area contributed by atoms with E-state index in [1.54, 1.807) is 4.90 Å². The Labute approximate surface area is 181 Å². The molecule has 1 amide bonds. The smallest absolute Gasteiger partial charge is 0.446 e. The molecule has 0 spiro atoms. The number of alkyl halides is 3. The van der Waals surface area contributed by atoms with E-state index in [0.29, 0.717) is 38.3 Å². The second kappa shape index (κ2) is 9.23. The number of furan rings is 1. The molecular weight excluding hydrogens is 429 g/mol. The zero-order valence-electron chi connectivity index (χ0n) is 16.6. The second-order valence-electron chi connectivity index (χ2n) is 7.26. The lowest BCUT2D eigenvalue weighted by Crippen LogP contribution is -2.48. The van der Waals surface area contributed by atoms with Crippen molar-refractivity contribution in [2.75, 3.05) is 26.2 Å². The predicted octanol–water partition coefficient (Wildman–Crippen LogP) is 5.50. The third-order valence-electron chi connectivity index (χ3n) is 5.01. The summed E-state index contributed by atoms with van der Waals surface area (Å²) in [5.74, 6) is 0.893. The predicted molar refractivity (Wildman–Crippen MR) is 112 cm³/mol. The zero-order chi connectivity index (χ0) is 21.8. The number of hydrogen-bond acceptors (Lipinski definition) is 5. The van der Waals surface area contributed by atoms with Crippen LogP contribution in [0.25, 0.3) is 11.0 Å². The van der Waals surface area contributed by atoms with Crippen molar-refractivity contribution in [3.63, 3.8) is 0 Å². The van der Waals surface area contributed by atoms with Crippen molar-refractivity contribution in [3.8, 4) is 0 Å². The van der Waals surface area contributed by atoms with Gasteiger partial charge in [0.1, 0.15) is 18.0 Å². The summed E-state index contributed by atoms with van der Waals surface area (Å²) < 4.78 is 48.3. The van der Waals surface area contributed by atoms with Crippen molar-refractivity contribution >= 4 is 28.8 Å². The first-order valence-corrected chi connectivity index (χ1v) is 10.6. The van der Waals surface area contributed by atoms with E-state index in [1.807, 2.05) is 30.3 Å². The van der Waals surface area contributed by atoms with Crippen molar-refractivity contribution in [1.82, 2.24) is 9.80 Å². The van der Waals surface area contributed by atoms with E-state index >= 15 is 0 Å². The Balaban J connectivity index is 1.22. The van der Waals surface area contributed by atoms with Gasteiger partial charge in [-0.15, -0.1) is 0 Å². The van der Waals surface area contributed by atoms with Crippen LogP contribution in [0.4, 0.5) is 18.0 Å². The van der Waals surface area contributed by atoms with Gasteiger partial charge in [-0.3, -0.25) is 4.90 Å². The van der Waals surface area contributed by atoms with Gasteiger partial charge < -0.3 is 14.1 Å². The third kappa shape index (κ3) is 5.95. The quantitative estimate of drug-likeness (QED) is 0.481. The van der Waals surface area contributed by atoms with Crippen LogP contribution in [-0.2, 0) is 17.9 Å². The Hall–Kier alpha value is -2.65. The Morgan fingerprint density at radius 3 is 2.42 bits per heavy atom. The number of thioether (sulfide) groups is 1. The van der Waals surface area contributed by atoms with Crippen LogP contribution < -0.4 is 0 Å². The lowest BCUT2D eigenvalue weighted by molar-refractivity contribution is -0.0328. The van der Waals surface area contributed by atoms with Gasteiger partial charge in [0.2, 0.25) is 0 Å². The van der Waals surface area contributed by atoms with Gasteiger partial charge in [0.05, 0.1) is 6.54 Å². The molecule has 1 fully saturated rings. The number of hydrogen-bond donors (Lipinski definition) is 0. The number of fused-ring (bicyclic) bond motifs is 1. The summed E-state index contributed by atoms with van der Waals surface area (Å²) in [4.78, 5) is 16.3. The fraction of sp³-hybridized carbons (Fsp3) is 0.318. The van der Waals surface area contributed by atoms with Crippen molar-refractivity contribution in [3.05, 3.63) is 65.9 Å². The summed E-state index contributed by atoms with van der Waals surface area (Å²) >= 11 is -0.169. The first-order valence-electron chi connectivity index (χ1n) is 9.82. The van der Waals surface area contributed by atoms with Gasteiger partial charge in [0.15, 0.2) is 0 Å².